The Kier molecular flexibility index (Phi) is 13.8. The third-order valence-corrected chi connectivity index (χ3v) is 12.5. The quantitative estimate of drug-likeness (QED) is 0.0757. The van der Waals surface area contributed by atoms with E-state index in [0.29, 0.717) is 72.2 Å². The van der Waals surface area contributed by atoms with Crippen molar-refractivity contribution in [1.29, 1.82) is 0 Å². The molecule has 0 radical (unpaired) electrons. The lowest BCUT2D eigenvalue weighted by molar-refractivity contribution is -0.147. The molecule has 19 heteroatoms. The third kappa shape index (κ3) is 9.86. The largest absolute Gasteiger partial charge is 0.506 e. The molecule has 2 saturated heterocycles. The number of amides is 1. The molecule has 8 N–H and O–H groups in total. The van der Waals surface area contributed by atoms with Gasteiger partial charge in [-0.2, -0.15) is 0 Å². The maximum Gasteiger partial charge on any atom is 0.377 e. The highest BCUT2D eigenvalue weighted by atomic mass is 32.1. The molecule has 4 aromatic rings. The number of cyclic esters (lactones) is 1. The molecule has 0 saturated carbocycles. The zero-order valence-electron chi connectivity index (χ0n) is 32.0. The molecule has 2 fully saturated rings. The number of aromatic hydroxyl groups is 1. The van der Waals surface area contributed by atoms with Crippen LogP contribution in [0.1, 0.15) is 70.9 Å². The number of aromatic nitrogens is 2. The van der Waals surface area contributed by atoms with Crippen molar-refractivity contribution in [3.8, 4) is 5.75 Å². The van der Waals surface area contributed by atoms with Crippen molar-refractivity contribution in [2.75, 3.05) is 52.5 Å². The Morgan fingerprint density at radius 2 is 1.88 bits per heavy atom. The van der Waals surface area contributed by atoms with E-state index >= 15 is 0 Å². The molecule has 7 rings (SSSR count). The molecule has 58 heavy (non-hydrogen) atoms. The molecule has 2 aromatic heterocycles. The summed E-state index contributed by atoms with van der Waals surface area (Å²) in [5.74, 6) is -2.80. The number of nitrogens with zero attached hydrogens (tertiary/aromatic N) is 3. The third-order valence-electron chi connectivity index (χ3n) is 10.4. The van der Waals surface area contributed by atoms with E-state index in [1.54, 1.807) is 6.07 Å². The average molecular weight is 846 g/mol. The standard InChI is InChI=1S/C33H40FN5O5S2.C6H8O6/c1-20(2)30-36-25(18-45-30)31(42)39-13-14-44-33(19-39)8-11-38(12-9-33)17-21-3-5-24(34)22(15-21)7-10-35-16-27(41)23-4-6-26(40)28-29(23)46-32(43)37-28;7-1-2(8)5-3(9)4(10)6(11)12-5/h3-6,15,18,20,27,35,40-41H,7-14,16-17,19H2,1-2H3,(H,37,43);2,5,7-10H,1H2/t27-;2-,5+/m00/s1. The van der Waals surface area contributed by atoms with Gasteiger partial charge in [0, 0.05) is 49.6 Å². The van der Waals surface area contributed by atoms with Crippen molar-refractivity contribution in [2.24, 2.45) is 0 Å². The summed E-state index contributed by atoms with van der Waals surface area (Å²) in [7, 11) is 0. The van der Waals surface area contributed by atoms with Gasteiger partial charge in [-0.15, -0.1) is 11.3 Å². The lowest BCUT2D eigenvalue weighted by Crippen LogP contribution is -2.58. The summed E-state index contributed by atoms with van der Waals surface area (Å²) in [6, 6.07) is 8.32. The van der Waals surface area contributed by atoms with E-state index in [-0.39, 0.29) is 34.5 Å². The van der Waals surface area contributed by atoms with E-state index in [1.807, 2.05) is 22.4 Å². The number of piperidine rings is 1. The molecule has 3 aliphatic rings. The molecule has 3 atom stereocenters. The van der Waals surface area contributed by atoms with Crippen molar-refractivity contribution in [1.82, 2.24) is 25.1 Å². The number of morpholine rings is 1. The number of carbonyl (C=O) groups excluding carboxylic acids is 2. The Morgan fingerprint density at radius 3 is 2.55 bits per heavy atom. The number of hydrogen-bond acceptors (Lipinski definition) is 16. The van der Waals surface area contributed by atoms with Crippen molar-refractivity contribution >= 4 is 44.8 Å². The molecule has 5 heterocycles. The first kappa shape index (κ1) is 43.1. The molecule has 314 valence electrons. The van der Waals surface area contributed by atoms with Gasteiger partial charge >= 0.3 is 10.8 Å². The van der Waals surface area contributed by atoms with Gasteiger partial charge in [0.1, 0.15) is 28.9 Å². The Hall–Kier alpha value is -4.47. The molecular weight excluding hydrogens is 798 g/mol. The molecule has 2 aromatic carbocycles. The summed E-state index contributed by atoms with van der Waals surface area (Å²) >= 11 is 2.48. The summed E-state index contributed by atoms with van der Waals surface area (Å²) < 4.78 is 25.8. The Bertz CT molecular complexity index is 2180. The SMILES string of the molecule is CC(C)c1nc(C(=O)N2CCOC3(CCN(Cc4ccc(F)c(CCNC[C@H](O)c5ccc(O)c6[nH]c(=O)sc56)c4)CC3)C2)cs1.O=C1O[C@H]([C@@H](O)CO)C(O)=C1O. The number of H-pyrrole nitrogens is 1. The number of ether oxygens (including phenoxy) is 2. The van der Waals surface area contributed by atoms with Crippen LogP contribution in [0.4, 0.5) is 4.39 Å². The molecule has 1 amide bonds. The van der Waals surface area contributed by atoms with Crippen LogP contribution in [0.3, 0.4) is 0 Å². The maximum atomic E-state index is 14.7. The van der Waals surface area contributed by atoms with Crippen molar-refractivity contribution in [3.05, 3.63) is 90.1 Å². The highest BCUT2D eigenvalue weighted by Crippen LogP contribution is 2.33. The second kappa shape index (κ2) is 18.6. The van der Waals surface area contributed by atoms with E-state index < -0.39 is 42.4 Å². The number of carbonyl (C=O) groups is 2. The minimum atomic E-state index is -1.42. The van der Waals surface area contributed by atoms with Crippen molar-refractivity contribution in [2.45, 2.75) is 69.5 Å². The number of likely N-dealkylation sites (tertiary alicyclic amines) is 1. The van der Waals surface area contributed by atoms with Gasteiger partial charge in [-0.25, -0.2) is 14.2 Å². The number of benzene rings is 2. The summed E-state index contributed by atoms with van der Waals surface area (Å²) in [4.78, 5) is 46.6. The van der Waals surface area contributed by atoms with Crippen LogP contribution in [0.2, 0.25) is 0 Å². The predicted octanol–water partition coefficient (Wildman–Crippen LogP) is 2.98. The number of esters is 1. The van der Waals surface area contributed by atoms with Crippen LogP contribution in [0.25, 0.3) is 10.2 Å². The van der Waals surface area contributed by atoms with Crippen LogP contribution in [-0.2, 0) is 27.2 Å². The number of rotatable bonds is 12. The predicted molar refractivity (Wildman–Crippen MR) is 213 cm³/mol. The summed E-state index contributed by atoms with van der Waals surface area (Å²) in [6.07, 6.45) is -1.58. The molecule has 0 unspecified atom stereocenters. The zero-order valence-corrected chi connectivity index (χ0v) is 33.7. The number of phenolic OH excluding ortho intramolecular Hbond substituents is 1. The number of thiazole rings is 2. The van der Waals surface area contributed by atoms with Crippen LogP contribution in [0.15, 0.2) is 52.0 Å². The maximum absolute atomic E-state index is 14.7. The van der Waals surface area contributed by atoms with Crippen LogP contribution >= 0.6 is 22.7 Å². The second-order valence-electron chi connectivity index (χ2n) is 14.9. The number of aromatic amines is 1. The van der Waals surface area contributed by atoms with Crippen molar-refractivity contribution < 1.29 is 54.1 Å². The normalized spacial score (nSPS) is 19.4. The first-order chi connectivity index (χ1) is 27.7. The molecule has 0 bridgehead atoms. The van der Waals surface area contributed by atoms with Gasteiger partial charge < -0.3 is 55.3 Å². The molecule has 16 nitrogen and oxygen atoms in total. The lowest BCUT2D eigenvalue weighted by atomic mass is 9.89. The monoisotopic (exact) mass is 845 g/mol. The average Bonchev–Trinajstić information content (AvgIpc) is 3.93. The number of fused-ring (bicyclic) bond motifs is 1. The van der Waals surface area contributed by atoms with Gasteiger partial charge in [0.2, 0.25) is 5.76 Å². The van der Waals surface area contributed by atoms with Crippen LogP contribution in [-0.4, -0.2) is 133 Å². The number of nitrogens with one attached hydrogen (secondary N) is 2. The molecule has 3 aliphatic heterocycles. The Labute approximate surface area is 340 Å². The lowest BCUT2D eigenvalue weighted by Gasteiger charge is -2.47. The fraction of sp³-hybridized carbons (Fsp3) is 0.487. The van der Waals surface area contributed by atoms with E-state index in [0.717, 1.165) is 47.8 Å². The fourth-order valence-corrected chi connectivity index (χ4v) is 8.85. The van der Waals surface area contributed by atoms with Gasteiger partial charge in [0.05, 0.1) is 41.2 Å². The van der Waals surface area contributed by atoms with Gasteiger partial charge in [-0.1, -0.05) is 43.4 Å². The first-order valence-corrected chi connectivity index (χ1v) is 20.6. The molecule has 0 aliphatic carbocycles. The Balaban J connectivity index is 0.000000406. The van der Waals surface area contributed by atoms with E-state index in [9.17, 15) is 29.0 Å². The Morgan fingerprint density at radius 1 is 1.12 bits per heavy atom. The van der Waals surface area contributed by atoms with E-state index in [4.69, 9.17) is 25.2 Å². The van der Waals surface area contributed by atoms with E-state index in [1.165, 1.54) is 23.5 Å². The number of halogens is 1. The van der Waals surface area contributed by atoms with Gasteiger partial charge in [0.25, 0.3) is 5.91 Å². The highest BCUT2D eigenvalue weighted by molar-refractivity contribution is 7.16. The number of hydrogen-bond donors (Lipinski definition) is 8. The number of aliphatic hydroxyl groups is 5. The van der Waals surface area contributed by atoms with Gasteiger partial charge in [-0.05, 0) is 49.1 Å². The van der Waals surface area contributed by atoms with Crippen LogP contribution in [0, 0.1) is 5.82 Å². The topological polar surface area (TPSA) is 238 Å². The molecule has 1 spiro atoms. The summed E-state index contributed by atoms with van der Waals surface area (Å²) in [5.41, 5.74) is 2.69. The fourth-order valence-electron chi connectivity index (χ4n) is 7.12. The molecular formula is C39H48FN5O11S2. The summed E-state index contributed by atoms with van der Waals surface area (Å²) in [5, 5.41) is 61.8. The van der Waals surface area contributed by atoms with Crippen LogP contribution < -0.4 is 10.2 Å². The minimum Gasteiger partial charge on any atom is -0.506 e. The smallest absolute Gasteiger partial charge is 0.377 e. The highest BCUT2D eigenvalue weighted by Gasteiger charge is 2.42. The van der Waals surface area contributed by atoms with Gasteiger partial charge in [-0.3, -0.25) is 14.5 Å². The minimum absolute atomic E-state index is 0.0206. The first-order valence-electron chi connectivity index (χ1n) is 18.9. The number of phenols is 1. The zero-order chi connectivity index (χ0) is 41.7. The number of aliphatic hydroxyl groups excluding tert-OH is 5. The van der Waals surface area contributed by atoms with Crippen LogP contribution in [0.5, 0.6) is 5.75 Å². The van der Waals surface area contributed by atoms with E-state index in [2.05, 4.69) is 38.8 Å². The second-order valence-corrected chi connectivity index (χ2v) is 16.7. The van der Waals surface area contributed by atoms with Crippen molar-refractivity contribution in [3.63, 3.8) is 0 Å². The van der Waals surface area contributed by atoms with Gasteiger partial charge in [0.15, 0.2) is 11.9 Å². The summed E-state index contributed by atoms with van der Waals surface area (Å²) in [6.45, 7) is 8.17.